The molecule has 0 bridgehead atoms. The van der Waals surface area contributed by atoms with Crippen LogP contribution in [0.15, 0.2) is 0 Å². The van der Waals surface area contributed by atoms with E-state index in [1.165, 1.54) is 0 Å². The second-order valence-corrected chi connectivity index (χ2v) is 4.73. The zero-order valence-corrected chi connectivity index (χ0v) is 9.55. The molecule has 82 valence electrons. The molecule has 1 N–H and O–H groups in total. The normalized spacial score (nSPS) is 21.6. The highest BCUT2D eigenvalue weighted by molar-refractivity contribution is 5.76. The molecule has 0 aliphatic carbocycles. The predicted molar refractivity (Wildman–Crippen MR) is 58.1 cm³/mol. The van der Waals surface area contributed by atoms with Gasteiger partial charge in [-0.1, -0.05) is 13.8 Å². The number of rotatable bonds is 4. The van der Waals surface area contributed by atoms with E-state index in [1.807, 2.05) is 11.9 Å². The minimum absolute atomic E-state index is 0.299. The number of carbonyl (C=O) groups is 1. The summed E-state index contributed by atoms with van der Waals surface area (Å²) in [6.45, 7) is 7.24. The highest BCUT2D eigenvalue weighted by atomic mass is 16.2. The van der Waals surface area contributed by atoms with Gasteiger partial charge in [-0.2, -0.15) is 0 Å². The van der Waals surface area contributed by atoms with Crippen LogP contribution in [-0.2, 0) is 4.79 Å². The van der Waals surface area contributed by atoms with Gasteiger partial charge in [-0.3, -0.25) is 4.79 Å². The Bertz CT molecular complexity index is 186. The molecule has 1 rings (SSSR count). The maximum atomic E-state index is 11.7. The van der Waals surface area contributed by atoms with E-state index < -0.39 is 0 Å². The Labute approximate surface area is 86.9 Å². The lowest BCUT2D eigenvalue weighted by atomic mass is 10.0. The molecule has 14 heavy (non-hydrogen) atoms. The van der Waals surface area contributed by atoms with Crippen LogP contribution in [-0.4, -0.2) is 37.5 Å². The number of nitrogens with zero attached hydrogens (tertiary/aromatic N) is 1. The predicted octanol–water partition coefficient (Wildman–Crippen LogP) is 1.10. The van der Waals surface area contributed by atoms with E-state index in [1.54, 1.807) is 0 Å². The van der Waals surface area contributed by atoms with E-state index in [-0.39, 0.29) is 0 Å². The lowest BCUT2D eigenvalue weighted by Crippen LogP contribution is -2.31. The first-order valence-electron chi connectivity index (χ1n) is 5.54. The summed E-state index contributed by atoms with van der Waals surface area (Å²) in [4.78, 5) is 13.6. The summed E-state index contributed by atoms with van der Waals surface area (Å²) in [5.74, 6) is 1.43. The molecule has 1 amide bonds. The van der Waals surface area contributed by atoms with E-state index in [0.29, 0.717) is 17.7 Å². The topological polar surface area (TPSA) is 32.3 Å². The van der Waals surface area contributed by atoms with Crippen molar-refractivity contribution in [2.75, 3.05) is 26.7 Å². The Morgan fingerprint density at radius 2 is 2.29 bits per heavy atom. The van der Waals surface area contributed by atoms with Crippen LogP contribution in [0, 0.1) is 11.8 Å². The SMILES string of the molecule is CC(C)CN(C)C(=O)CC1CCNC1. The van der Waals surface area contributed by atoms with Crippen molar-refractivity contribution in [3.63, 3.8) is 0 Å². The number of hydrogen-bond acceptors (Lipinski definition) is 2. The Hall–Kier alpha value is -0.570. The van der Waals surface area contributed by atoms with Gasteiger partial charge in [0.1, 0.15) is 0 Å². The zero-order valence-electron chi connectivity index (χ0n) is 9.55. The molecule has 0 spiro atoms. The first-order valence-corrected chi connectivity index (χ1v) is 5.54. The summed E-state index contributed by atoms with van der Waals surface area (Å²) in [6.07, 6.45) is 1.87. The summed E-state index contributed by atoms with van der Waals surface area (Å²) in [5.41, 5.74) is 0. The van der Waals surface area contributed by atoms with E-state index in [2.05, 4.69) is 19.2 Å². The summed E-state index contributed by atoms with van der Waals surface area (Å²) in [5, 5.41) is 3.29. The van der Waals surface area contributed by atoms with Gasteiger partial charge >= 0.3 is 0 Å². The Balaban J connectivity index is 2.25. The molecule has 1 saturated heterocycles. The van der Waals surface area contributed by atoms with Crippen LogP contribution in [0.3, 0.4) is 0 Å². The molecular weight excluding hydrogens is 176 g/mol. The van der Waals surface area contributed by atoms with Gasteiger partial charge in [0.2, 0.25) is 5.91 Å². The fourth-order valence-electron chi connectivity index (χ4n) is 1.94. The van der Waals surface area contributed by atoms with Crippen LogP contribution in [0.2, 0.25) is 0 Å². The monoisotopic (exact) mass is 198 g/mol. The second kappa shape index (κ2) is 5.35. The maximum Gasteiger partial charge on any atom is 0.222 e. The Morgan fingerprint density at radius 3 is 2.79 bits per heavy atom. The molecule has 1 aliphatic rings. The average molecular weight is 198 g/mol. The fraction of sp³-hybridized carbons (Fsp3) is 0.909. The summed E-state index contributed by atoms with van der Waals surface area (Å²) in [7, 11) is 1.91. The van der Waals surface area contributed by atoms with Crippen molar-refractivity contribution in [2.24, 2.45) is 11.8 Å². The first kappa shape index (κ1) is 11.5. The van der Waals surface area contributed by atoms with Crippen molar-refractivity contribution in [2.45, 2.75) is 26.7 Å². The quantitative estimate of drug-likeness (QED) is 0.733. The molecule has 3 nitrogen and oxygen atoms in total. The molecule has 1 atom stereocenters. The second-order valence-electron chi connectivity index (χ2n) is 4.73. The minimum atomic E-state index is 0.299. The maximum absolute atomic E-state index is 11.7. The van der Waals surface area contributed by atoms with Crippen LogP contribution < -0.4 is 5.32 Å². The number of amides is 1. The molecule has 1 unspecified atom stereocenters. The molecular formula is C11H22N2O. The molecule has 1 heterocycles. The van der Waals surface area contributed by atoms with Crippen molar-refractivity contribution in [1.82, 2.24) is 10.2 Å². The van der Waals surface area contributed by atoms with Gasteiger partial charge in [-0.15, -0.1) is 0 Å². The molecule has 0 radical (unpaired) electrons. The van der Waals surface area contributed by atoms with Crippen LogP contribution in [0.5, 0.6) is 0 Å². The van der Waals surface area contributed by atoms with Gasteiger partial charge in [-0.05, 0) is 31.3 Å². The average Bonchev–Trinajstić information content (AvgIpc) is 2.55. The van der Waals surface area contributed by atoms with Crippen molar-refractivity contribution in [1.29, 1.82) is 0 Å². The molecule has 3 heteroatoms. The number of hydrogen-bond donors (Lipinski definition) is 1. The lowest BCUT2D eigenvalue weighted by Gasteiger charge is -2.20. The molecule has 0 aromatic heterocycles. The third-order valence-corrected chi connectivity index (χ3v) is 2.69. The minimum Gasteiger partial charge on any atom is -0.345 e. The van der Waals surface area contributed by atoms with Gasteiger partial charge in [0.15, 0.2) is 0 Å². The van der Waals surface area contributed by atoms with Crippen LogP contribution in [0.25, 0.3) is 0 Å². The molecule has 0 saturated carbocycles. The largest absolute Gasteiger partial charge is 0.345 e. The van der Waals surface area contributed by atoms with Gasteiger partial charge in [0, 0.05) is 20.0 Å². The summed E-state index contributed by atoms with van der Waals surface area (Å²) in [6, 6.07) is 0. The van der Waals surface area contributed by atoms with Crippen LogP contribution in [0.1, 0.15) is 26.7 Å². The molecule has 1 aliphatic heterocycles. The summed E-state index contributed by atoms with van der Waals surface area (Å²) < 4.78 is 0. The lowest BCUT2D eigenvalue weighted by molar-refractivity contribution is -0.131. The fourth-order valence-corrected chi connectivity index (χ4v) is 1.94. The third-order valence-electron chi connectivity index (χ3n) is 2.69. The van der Waals surface area contributed by atoms with E-state index in [4.69, 9.17) is 0 Å². The molecule has 0 aromatic rings. The smallest absolute Gasteiger partial charge is 0.222 e. The molecule has 1 fully saturated rings. The van der Waals surface area contributed by atoms with Crippen LogP contribution in [0.4, 0.5) is 0 Å². The van der Waals surface area contributed by atoms with Gasteiger partial charge in [0.25, 0.3) is 0 Å². The van der Waals surface area contributed by atoms with Crippen molar-refractivity contribution < 1.29 is 4.79 Å². The van der Waals surface area contributed by atoms with E-state index in [0.717, 1.165) is 32.5 Å². The summed E-state index contributed by atoms with van der Waals surface area (Å²) >= 11 is 0. The van der Waals surface area contributed by atoms with Crippen molar-refractivity contribution in [3.8, 4) is 0 Å². The van der Waals surface area contributed by atoms with E-state index >= 15 is 0 Å². The third kappa shape index (κ3) is 3.66. The molecule has 0 aromatic carbocycles. The standard InChI is InChI=1S/C11H22N2O/c1-9(2)8-13(3)11(14)6-10-4-5-12-7-10/h9-10,12H,4-8H2,1-3H3. The highest BCUT2D eigenvalue weighted by Crippen LogP contribution is 2.13. The first-order chi connectivity index (χ1) is 6.59. The van der Waals surface area contributed by atoms with Crippen LogP contribution >= 0.6 is 0 Å². The van der Waals surface area contributed by atoms with Gasteiger partial charge in [-0.25, -0.2) is 0 Å². The van der Waals surface area contributed by atoms with E-state index in [9.17, 15) is 4.79 Å². The van der Waals surface area contributed by atoms with Gasteiger partial charge < -0.3 is 10.2 Å². The Morgan fingerprint density at radius 1 is 1.57 bits per heavy atom. The highest BCUT2D eigenvalue weighted by Gasteiger charge is 2.20. The van der Waals surface area contributed by atoms with Crippen molar-refractivity contribution in [3.05, 3.63) is 0 Å². The van der Waals surface area contributed by atoms with Gasteiger partial charge in [0.05, 0.1) is 0 Å². The Kier molecular flexibility index (Phi) is 4.39. The van der Waals surface area contributed by atoms with Crippen molar-refractivity contribution >= 4 is 5.91 Å². The zero-order chi connectivity index (χ0) is 10.6. The number of nitrogens with one attached hydrogen (secondary N) is 1. The number of carbonyl (C=O) groups excluding carboxylic acids is 1.